The van der Waals surface area contributed by atoms with E-state index in [9.17, 15) is 4.79 Å². The van der Waals surface area contributed by atoms with E-state index in [2.05, 4.69) is 27.3 Å². The Morgan fingerprint density at radius 3 is 2.36 bits per heavy atom. The molecule has 5 nitrogen and oxygen atoms in total. The van der Waals surface area contributed by atoms with Gasteiger partial charge in [0.05, 0.1) is 0 Å². The van der Waals surface area contributed by atoms with E-state index in [0.29, 0.717) is 6.54 Å². The van der Waals surface area contributed by atoms with E-state index in [1.165, 1.54) is 5.56 Å². The number of carbonyl (C=O) groups excluding carboxylic acids is 1. The van der Waals surface area contributed by atoms with Gasteiger partial charge in [-0.05, 0) is 41.8 Å². The molecule has 0 atom stereocenters. The number of nitrogens with one attached hydrogen (secondary N) is 1. The van der Waals surface area contributed by atoms with Crippen LogP contribution in [0.3, 0.4) is 0 Å². The van der Waals surface area contributed by atoms with Crippen molar-refractivity contribution in [3.63, 3.8) is 0 Å². The Labute approximate surface area is 153 Å². The van der Waals surface area contributed by atoms with Gasteiger partial charge in [0.2, 0.25) is 0 Å². The second-order valence-corrected chi connectivity index (χ2v) is 6.66. The summed E-state index contributed by atoms with van der Waals surface area (Å²) < 4.78 is 0. The summed E-state index contributed by atoms with van der Waals surface area (Å²) in [6.07, 6.45) is 4.48. The fourth-order valence-corrected chi connectivity index (χ4v) is 3.03. The normalized spacial score (nSPS) is 15.2. The minimum atomic E-state index is 0.00848. The van der Waals surface area contributed by atoms with Crippen LogP contribution in [0, 0.1) is 0 Å². The molecule has 1 saturated heterocycles. The predicted molar refractivity (Wildman–Crippen MR) is 99.6 cm³/mol. The zero-order valence-electron chi connectivity index (χ0n) is 14.2. The van der Waals surface area contributed by atoms with Gasteiger partial charge in [-0.25, -0.2) is 4.79 Å². The third-order valence-corrected chi connectivity index (χ3v) is 4.73. The van der Waals surface area contributed by atoms with Crippen LogP contribution in [0.5, 0.6) is 0 Å². The first-order valence-electron chi connectivity index (χ1n) is 8.59. The molecule has 0 aliphatic carbocycles. The number of hydrogen-bond donors (Lipinski definition) is 1. The van der Waals surface area contributed by atoms with Crippen LogP contribution in [0.4, 0.5) is 4.79 Å². The molecule has 0 radical (unpaired) electrons. The Morgan fingerprint density at radius 1 is 1.00 bits per heavy atom. The topological polar surface area (TPSA) is 48.5 Å². The van der Waals surface area contributed by atoms with E-state index in [1.54, 1.807) is 12.4 Å². The standard InChI is InChI=1S/C19H23ClN4O/c20-18-3-1-16(2-4-18)7-10-23-11-13-24(14-12-23)19(25)22-15-17-5-8-21-9-6-17/h1-6,8-9H,7,10-15H2,(H,22,25). The average Bonchev–Trinajstić information content (AvgIpc) is 2.67. The van der Waals surface area contributed by atoms with Crippen molar-refractivity contribution in [2.24, 2.45) is 0 Å². The predicted octanol–water partition coefficient (Wildman–Crippen LogP) is 2.80. The SMILES string of the molecule is O=C(NCc1ccncc1)N1CCN(CCc2ccc(Cl)cc2)CC1. The lowest BCUT2D eigenvalue weighted by molar-refractivity contribution is 0.140. The second kappa shape index (κ2) is 8.83. The number of rotatable bonds is 5. The molecule has 3 rings (SSSR count). The molecule has 1 aliphatic rings. The van der Waals surface area contributed by atoms with Gasteiger partial charge in [0.25, 0.3) is 0 Å². The lowest BCUT2D eigenvalue weighted by Crippen LogP contribution is -2.51. The molecular formula is C19H23ClN4O. The summed E-state index contributed by atoms with van der Waals surface area (Å²) >= 11 is 5.91. The molecular weight excluding hydrogens is 336 g/mol. The first kappa shape index (κ1) is 17.7. The highest BCUT2D eigenvalue weighted by Gasteiger charge is 2.20. The van der Waals surface area contributed by atoms with Gasteiger partial charge in [-0.15, -0.1) is 0 Å². The van der Waals surface area contributed by atoms with Crippen LogP contribution < -0.4 is 5.32 Å². The average molecular weight is 359 g/mol. The summed E-state index contributed by atoms with van der Waals surface area (Å²) in [4.78, 5) is 20.5. The lowest BCUT2D eigenvalue weighted by Gasteiger charge is -2.34. The fraction of sp³-hybridized carbons (Fsp3) is 0.368. The number of carbonyl (C=O) groups is 1. The molecule has 0 unspecified atom stereocenters. The third-order valence-electron chi connectivity index (χ3n) is 4.48. The minimum Gasteiger partial charge on any atom is -0.334 e. The van der Waals surface area contributed by atoms with Gasteiger partial charge in [0.15, 0.2) is 0 Å². The van der Waals surface area contributed by atoms with Gasteiger partial charge in [-0.3, -0.25) is 9.88 Å². The van der Waals surface area contributed by atoms with Crippen molar-refractivity contribution in [1.29, 1.82) is 0 Å². The second-order valence-electron chi connectivity index (χ2n) is 6.22. The molecule has 25 heavy (non-hydrogen) atoms. The Kier molecular flexibility index (Phi) is 6.25. The molecule has 1 fully saturated rings. The molecule has 2 aromatic rings. The van der Waals surface area contributed by atoms with Crippen molar-refractivity contribution in [2.75, 3.05) is 32.7 Å². The van der Waals surface area contributed by atoms with Gasteiger partial charge in [0.1, 0.15) is 0 Å². The smallest absolute Gasteiger partial charge is 0.317 e. The monoisotopic (exact) mass is 358 g/mol. The number of aromatic nitrogens is 1. The molecule has 2 heterocycles. The summed E-state index contributed by atoms with van der Waals surface area (Å²) in [6.45, 7) is 4.91. The van der Waals surface area contributed by atoms with Crippen molar-refractivity contribution in [1.82, 2.24) is 20.1 Å². The van der Waals surface area contributed by atoms with E-state index in [0.717, 1.165) is 49.7 Å². The molecule has 6 heteroatoms. The van der Waals surface area contributed by atoms with E-state index in [4.69, 9.17) is 11.6 Å². The van der Waals surface area contributed by atoms with Gasteiger partial charge in [-0.2, -0.15) is 0 Å². The molecule has 0 spiro atoms. The lowest BCUT2D eigenvalue weighted by atomic mass is 10.1. The van der Waals surface area contributed by atoms with Gasteiger partial charge < -0.3 is 10.2 Å². The molecule has 132 valence electrons. The molecule has 0 saturated carbocycles. The highest BCUT2D eigenvalue weighted by molar-refractivity contribution is 6.30. The number of halogens is 1. The maximum Gasteiger partial charge on any atom is 0.317 e. The molecule has 1 aliphatic heterocycles. The first-order chi connectivity index (χ1) is 12.2. The fourth-order valence-electron chi connectivity index (χ4n) is 2.90. The minimum absolute atomic E-state index is 0.00848. The van der Waals surface area contributed by atoms with E-state index in [1.807, 2.05) is 29.2 Å². The van der Waals surface area contributed by atoms with E-state index in [-0.39, 0.29) is 6.03 Å². The number of benzene rings is 1. The molecule has 0 bridgehead atoms. The van der Waals surface area contributed by atoms with Crippen LogP contribution in [0.15, 0.2) is 48.8 Å². The van der Waals surface area contributed by atoms with Crippen LogP contribution in [-0.4, -0.2) is 53.5 Å². The summed E-state index contributed by atoms with van der Waals surface area (Å²) in [7, 11) is 0. The summed E-state index contributed by atoms with van der Waals surface area (Å²) in [5, 5.41) is 3.75. The van der Waals surface area contributed by atoms with Crippen LogP contribution >= 0.6 is 11.6 Å². The summed E-state index contributed by atoms with van der Waals surface area (Å²) in [5.74, 6) is 0. The van der Waals surface area contributed by atoms with Crippen LogP contribution in [0.25, 0.3) is 0 Å². The van der Waals surface area contributed by atoms with E-state index >= 15 is 0 Å². The number of nitrogens with zero attached hydrogens (tertiary/aromatic N) is 3. The number of amides is 2. The largest absolute Gasteiger partial charge is 0.334 e. The molecule has 1 aromatic carbocycles. The number of hydrogen-bond acceptors (Lipinski definition) is 3. The zero-order valence-corrected chi connectivity index (χ0v) is 15.0. The first-order valence-corrected chi connectivity index (χ1v) is 8.97. The third kappa shape index (κ3) is 5.44. The van der Waals surface area contributed by atoms with Crippen molar-refractivity contribution < 1.29 is 4.79 Å². The maximum absolute atomic E-state index is 12.3. The number of pyridine rings is 1. The number of urea groups is 1. The highest BCUT2D eigenvalue weighted by Crippen LogP contribution is 2.11. The summed E-state index contributed by atoms with van der Waals surface area (Å²) in [6, 6.07) is 11.8. The Hall–Kier alpha value is -2.11. The molecule has 2 amide bonds. The van der Waals surface area contributed by atoms with Crippen molar-refractivity contribution in [3.8, 4) is 0 Å². The van der Waals surface area contributed by atoms with Crippen LogP contribution in [0.1, 0.15) is 11.1 Å². The molecule has 1 N–H and O–H groups in total. The van der Waals surface area contributed by atoms with Crippen molar-refractivity contribution in [3.05, 3.63) is 64.9 Å². The quantitative estimate of drug-likeness (QED) is 0.894. The summed E-state index contributed by atoms with van der Waals surface area (Å²) in [5.41, 5.74) is 2.35. The Balaban J connectivity index is 1.37. The van der Waals surface area contributed by atoms with Crippen LogP contribution in [-0.2, 0) is 13.0 Å². The van der Waals surface area contributed by atoms with Crippen molar-refractivity contribution in [2.45, 2.75) is 13.0 Å². The maximum atomic E-state index is 12.3. The highest BCUT2D eigenvalue weighted by atomic mass is 35.5. The van der Waals surface area contributed by atoms with Crippen LogP contribution in [0.2, 0.25) is 5.02 Å². The number of piperazine rings is 1. The Morgan fingerprint density at radius 2 is 1.68 bits per heavy atom. The van der Waals surface area contributed by atoms with Gasteiger partial charge in [-0.1, -0.05) is 23.7 Å². The van der Waals surface area contributed by atoms with Gasteiger partial charge >= 0.3 is 6.03 Å². The van der Waals surface area contributed by atoms with Gasteiger partial charge in [0, 0.05) is 56.7 Å². The zero-order chi connectivity index (χ0) is 17.5. The molecule has 1 aromatic heterocycles. The van der Waals surface area contributed by atoms with Crippen molar-refractivity contribution >= 4 is 17.6 Å². The van der Waals surface area contributed by atoms with E-state index < -0.39 is 0 Å². The Bertz CT molecular complexity index is 670.